The van der Waals surface area contributed by atoms with Gasteiger partial charge in [-0.2, -0.15) is 0 Å². The molecule has 0 amide bonds. The fourth-order valence-corrected chi connectivity index (χ4v) is 4.24. The topological polar surface area (TPSA) is 55.5 Å². The Morgan fingerprint density at radius 2 is 2.10 bits per heavy atom. The fraction of sp³-hybridized carbons (Fsp3) is 0.625. The summed E-state index contributed by atoms with van der Waals surface area (Å²) in [5, 5.41) is 11.1. The summed E-state index contributed by atoms with van der Waals surface area (Å²) in [7, 11) is 0. The predicted octanol–water partition coefficient (Wildman–Crippen LogP) is 2.64. The maximum atomic E-state index is 11.1. The van der Waals surface area contributed by atoms with Gasteiger partial charge in [0.05, 0.1) is 17.8 Å². The second-order valence-corrected chi connectivity index (χ2v) is 7.38. The quantitative estimate of drug-likeness (QED) is 0.886. The lowest BCUT2D eigenvalue weighted by Gasteiger charge is -2.46. The summed E-state index contributed by atoms with van der Waals surface area (Å²) in [5.41, 5.74) is 6.06. The van der Waals surface area contributed by atoms with Crippen molar-refractivity contribution >= 4 is 15.9 Å². The van der Waals surface area contributed by atoms with Crippen LogP contribution >= 0.6 is 15.9 Å². The van der Waals surface area contributed by atoms with E-state index in [4.69, 9.17) is 10.5 Å². The molecule has 0 saturated carbocycles. The van der Waals surface area contributed by atoms with Gasteiger partial charge in [0.25, 0.3) is 0 Å². The van der Waals surface area contributed by atoms with Crippen LogP contribution in [0.25, 0.3) is 0 Å². The Bertz CT molecular complexity index is 488. The highest BCUT2D eigenvalue weighted by Crippen LogP contribution is 2.53. The van der Waals surface area contributed by atoms with Crippen LogP contribution < -0.4 is 5.73 Å². The number of fused-ring (bicyclic) bond motifs is 2. The summed E-state index contributed by atoms with van der Waals surface area (Å²) in [5.74, 6) is 0. The van der Waals surface area contributed by atoms with Crippen molar-refractivity contribution in [2.24, 2.45) is 11.1 Å². The largest absolute Gasteiger partial charge is 0.389 e. The summed E-state index contributed by atoms with van der Waals surface area (Å²) in [4.78, 5) is 0. The molecule has 3 rings (SSSR count). The smallest absolute Gasteiger partial charge is 0.0753 e. The number of hydrogen-bond donors (Lipinski definition) is 2. The molecule has 2 saturated heterocycles. The van der Waals surface area contributed by atoms with E-state index in [9.17, 15) is 5.11 Å². The third-order valence-electron chi connectivity index (χ3n) is 5.21. The van der Waals surface area contributed by atoms with Crippen molar-refractivity contribution in [3.63, 3.8) is 0 Å². The maximum absolute atomic E-state index is 11.1. The molecule has 3 N–H and O–H groups in total. The Morgan fingerprint density at radius 3 is 2.60 bits per heavy atom. The number of benzene rings is 1. The Labute approximate surface area is 128 Å². The Hall–Kier alpha value is -0.420. The molecule has 2 bridgehead atoms. The maximum Gasteiger partial charge on any atom is 0.0753 e. The average molecular weight is 340 g/mol. The molecule has 3 nitrogen and oxygen atoms in total. The van der Waals surface area contributed by atoms with Gasteiger partial charge in [0, 0.05) is 22.9 Å². The first-order valence-electron chi connectivity index (χ1n) is 7.29. The average Bonchev–Trinajstić information content (AvgIpc) is 3.02. The van der Waals surface area contributed by atoms with Crippen LogP contribution in [0.5, 0.6) is 0 Å². The number of nitrogens with two attached hydrogens (primary N) is 1. The van der Waals surface area contributed by atoms with Crippen LogP contribution in [0.4, 0.5) is 0 Å². The Balaban J connectivity index is 1.84. The van der Waals surface area contributed by atoms with E-state index in [0.717, 1.165) is 29.3 Å². The van der Waals surface area contributed by atoms with Gasteiger partial charge in [-0.15, -0.1) is 0 Å². The van der Waals surface area contributed by atoms with E-state index in [1.807, 2.05) is 19.1 Å². The minimum atomic E-state index is -0.838. The van der Waals surface area contributed by atoms with E-state index >= 15 is 0 Å². The second-order valence-electron chi connectivity index (χ2n) is 6.47. The number of hydrogen-bond acceptors (Lipinski definition) is 3. The van der Waals surface area contributed by atoms with E-state index in [1.165, 1.54) is 0 Å². The number of ether oxygens (including phenoxy) is 1. The number of rotatable bonds is 4. The zero-order chi connectivity index (χ0) is 14.4. The number of halogens is 1. The van der Waals surface area contributed by atoms with Crippen LogP contribution in [0.15, 0.2) is 28.7 Å². The van der Waals surface area contributed by atoms with Crippen LogP contribution in [-0.2, 0) is 11.2 Å². The lowest BCUT2D eigenvalue weighted by molar-refractivity contribution is -0.0982. The predicted molar refractivity (Wildman–Crippen MR) is 82.5 cm³/mol. The van der Waals surface area contributed by atoms with E-state index in [1.54, 1.807) is 0 Å². The SMILES string of the molecule is CC(O)(Cc1ccc(Br)cc1)C1(CN)CC2CCC1O2. The lowest BCUT2D eigenvalue weighted by atomic mass is 9.62. The summed E-state index contributed by atoms with van der Waals surface area (Å²) in [6, 6.07) is 8.13. The van der Waals surface area contributed by atoms with Crippen LogP contribution in [0, 0.1) is 5.41 Å². The highest BCUT2D eigenvalue weighted by molar-refractivity contribution is 9.10. The monoisotopic (exact) mass is 339 g/mol. The van der Waals surface area contributed by atoms with Gasteiger partial charge in [-0.05, 0) is 43.9 Å². The van der Waals surface area contributed by atoms with E-state index in [-0.39, 0.29) is 11.5 Å². The minimum absolute atomic E-state index is 0.114. The first-order chi connectivity index (χ1) is 9.47. The highest BCUT2D eigenvalue weighted by Gasteiger charge is 2.60. The van der Waals surface area contributed by atoms with Gasteiger partial charge in [-0.1, -0.05) is 28.1 Å². The Kier molecular flexibility index (Phi) is 3.70. The third kappa shape index (κ3) is 2.23. The minimum Gasteiger partial charge on any atom is -0.389 e. The van der Waals surface area contributed by atoms with Gasteiger partial charge in [0.2, 0.25) is 0 Å². The normalized spacial score (nSPS) is 35.2. The van der Waals surface area contributed by atoms with Crippen molar-refractivity contribution in [3.05, 3.63) is 34.3 Å². The molecule has 4 unspecified atom stereocenters. The zero-order valence-electron chi connectivity index (χ0n) is 11.8. The molecule has 110 valence electrons. The molecule has 1 aromatic carbocycles. The van der Waals surface area contributed by atoms with Crippen molar-refractivity contribution in [2.45, 2.75) is 50.4 Å². The standard InChI is InChI=1S/C16H22BrNO2/c1-15(19,8-11-2-4-12(17)5-3-11)16(10-18)9-13-6-7-14(16)20-13/h2-5,13-14,19H,6-10,18H2,1H3. The molecular formula is C16H22BrNO2. The molecular weight excluding hydrogens is 318 g/mol. The molecule has 4 heteroatoms. The summed E-state index contributed by atoms with van der Waals surface area (Å²) in [6.45, 7) is 2.41. The van der Waals surface area contributed by atoms with E-state index in [2.05, 4.69) is 28.1 Å². The van der Waals surface area contributed by atoms with Crippen LogP contribution in [0.3, 0.4) is 0 Å². The van der Waals surface area contributed by atoms with Gasteiger partial charge in [0.1, 0.15) is 0 Å². The fourth-order valence-electron chi connectivity index (χ4n) is 3.98. The first-order valence-corrected chi connectivity index (χ1v) is 8.08. The summed E-state index contributed by atoms with van der Waals surface area (Å²) < 4.78 is 7.03. The molecule has 2 aliphatic heterocycles. The molecule has 1 aromatic rings. The number of aliphatic hydroxyl groups is 1. The van der Waals surface area contributed by atoms with Gasteiger partial charge < -0.3 is 15.6 Å². The van der Waals surface area contributed by atoms with Crippen LogP contribution in [0.2, 0.25) is 0 Å². The molecule has 4 atom stereocenters. The van der Waals surface area contributed by atoms with Crippen molar-refractivity contribution in [1.82, 2.24) is 0 Å². The third-order valence-corrected chi connectivity index (χ3v) is 5.74. The van der Waals surface area contributed by atoms with Crippen molar-refractivity contribution in [3.8, 4) is 0 Å². The highest BCUT2D eigenvalue weighted by atomic mass is 79.9. The molecule has 2 aliphatic rings. The molecule has 0 aliphatic carbocycles. The van der Waals surface area contributed by atoms with Gasteiger partial charge in [0.15, 0.2) is 0 Å². The molecule has 0 radical (unpaired) electrons. The van der Waals surface area contributed by atoms with Crippen molar-refractivity contribution in [1.29, 1.82) is 0 Å². The van der Waals surface area contributed by atoms with Gasteiger partial charge in [-0.3, -0.25) is 0 Å². The summed E-state index contributed by atoms with van der Waals surface area (Å²) in [6.07, 6.45) is 4.05. The lowest BCUT2D eigenvalue weighted by Crippen LogP contribution is -2.57. The Morgan fingerprint density at radius 1 is 1.40 bits per heavy atom. The first kappa shape index (κ1) is 14.5. The molecule has 0 aromatic heterocycles. The van der Waals surface area contributed by atoms with Crippen molar-refractivity contribution < 1.29 is 9.84 Å². The molecule has 0 spiro atoms. The second kappa shape index (κ2) is 5.09. The van der Waals surface area contributed by atoms with Crippen LogP contribution in [0.1, 0.15) is 31.7 Å². The van der Waals surface area contributed by atoms with Crippen LogP contribution in [-0.4, -0.2) is 29.5 Å². The summed E-state index contributed by atoms with van der Waals surface area (Å²) >= 11 is 3.44. The molecule has 2 fully saturated rings. The van der Waals surface area contributed by atoms with E-state index < -0.39 is 5.60 Å². The zero-order valence-corrected chi connectivity index (χ0v) is 13.4. The van der Waals surface area contributed by atoms with E-state index in [0.29, 0.717) is 19.1 Å². The molecule has 20 heavy (non-hydrogen) atoms. The van der Waals surface area contributed by atoms with Gasteiger partial charge in [-0.25, -0.2) is 0 Å². The van der Waals surface area contributed by atoms with Gasteiger partial charge >= 0.3 is 0 Å². The van der Waals surface area contributed by atoms with Crippen molar-refractivity contribution in [2.75, 3.05) is 6.54 Å². The molecule has 2 heterocycles.